The Hall–Kier alpha value is -2.11. The van der Waals surface area contributed by atoms with Crippen molar-refractivity contribution in [2.45, 2.75) is 52.1 Å². The van der Waals surface area contributed by atoms with Gasteiger partial charge in [-0.2, -0.15) is 0 Å². The van der Waals surface area contributed by atoms with Crippen molar-refractivity contribution in [3.05, 3.63) is 71.9 Å². The molecule has 31 heavy (non-hydrogen) atoms. The number of nitrogens with zero attached hydrogens (tertiary/aromatic N) is 1. The molecule has 164 valence electrons. The Labute approximate surface area is 192 Å². The third-order valence-corrected chi connectivity index (χ3v) is 12.4. The minimum absolute atomic E-state index is 0.0205. The predicted molar refractivity (Wildman–Crippen MR) is 136 cm³/mol. The quantitative estimate of drug-likeness (QED) is 0.458. The molecule has 0 aliphatic carbocycles. The fourth-order valence-corrected chi connectivity index (χ4v) is 10.4. The summed E-state index contributed by atoms with van der Waals surface area (Å²) in [5, 5.41) is 3.77. The number of esters is 1. The number of thioether (sulfide) groups is 1. The first-order chi connectivity index (χ1) is 14.8. The molecule has 1 heterocycles. The normalized spacial score (nSPS) is 18.2. The van der Waals surface area contributed by atoms with Gasteiger partial charge in [-0.1, -0.05) is 94.1 Å². The van der Waals surface area contributed by atoms with E-state index in [1.165, 1.54) is 15.9 Å². The highest BCUT2D eigenvalue weighted by Gasteiger charge is 2.47. The molecule has 0 radical (unpaired) electrons. The van der Waals surface area contributed by atoms with E-state index in [-0.39, 0.29) is 11.0 Å². The van der Waals surface area contributed by atoms with Crippen LogP contribution in [0.5, 0.6) is 0 Å². The third-order valence-electron chi connectivity index (χ3n) is 5.83. The van der Waals surface area contributed by atoms with Gasteiger partial charge in [0.05, 0.1) is 11.7 Å². The number of ether oxygens (including phenoxy) is 1. The molecule has 0 N–H and O–H groups in total. The standard InChI is InChI=1S/C26H33NO2SSi/c1-6-29-25(28)23-18-20(24(27-23)30-7-2)19-31(26(3,4)5,21-14-10-8-11-15-21)22-16-12-9-13-17-22/h8-17,19,23H,6-7,18H2,1-5H3/b20-19+. The van der Waals surface area contributed by atoms with Crippen molar-refractivity contribution in [1.82, 2.24) is 0 Å². The van der Waals surface area contributed by atoms with Crippen LogP contribution in [-0.2, 0) is 9.53 Å². The van der Waals surface area contributed by atoms with Crippen molar-refractivity contribution in [3.8, 4) is 0 Å². The van der Waals surface area contributed by atoms with E-state index in [2.05, 4.69) is 94.1 Å². The number of benzene rings is 2. The number of aliphatic imine (C=N–C) groups is 1. The molecule has 1 aliphatic heterocycles. The summed E-state index contributed by atoms with van der Waals surface area (Å²) in [7, 11) is -2.38. The van der Waals surface area contributed by atoms with E-state index >= 15 is 0 Å². The highest BCUT2D eigenvalue weighted by Crippen LogP contribution is 2.39. The first-order valence-electron chi connectivity index (χ1n) is 11.0. The minimum atomic E-state index is -2.38. The molecule has 2 aromatic rings. The van der Waals surface area contributed by atoms with Gasteiger partial charge in [0.2, 0.25) is 0 Å². The molecule has 2 aromatic carbocycles. The van der Waals surface area contributed by atoms with Crippen LogP contribution in [0.3, 0.4) is 0 Å². The molecule has 0 amide bonds. The summed E-state index contributed by atoms with van der Waals surface area (Å²) in [5.74, 6) is 0.703. The lowest BCUT2D eigenvalue weighted by molar-refractivity contribution is -0.144. The lowest BCUT2D eigenvalue weighted by atomic mass is 10.2. The molecule has 5 heteroatoms. The van der Waals surface area contributed by atoms with Gasteiger partial charge in [-0.3, -0.25) is 4.99 Å². The van der Waals surface area contributed by atoms with Crippen LogP contribution in [0, 0.1) is 0 Å². The number of hydrogen-bond donors (Lipinski definition) is 0. The van der Waals surface area contributed by atoms with Crippen molar-refractivity contribution in [2.75, 3.05) is 12.4 Å². The zero-order valence-corrected chi connectivity index (χ0v) is 21.0. The van der Waals surface area contributed by atoms with Gasteiger partial charge in [-0.15, -0.1) is 11.8 Å². The van der Waals surface area contributed by atoms with Crippen molar-refractivity contribution in [3.63, 3.8) is 0 Å². The second kappa shape index (κ2) is 10.0. The predicted octanol–water partition coefficient (Wildman–Crippen LogP) is 5.00. The Bertz CT molecular complexity index is 909. The number of carbonyl (C=O) groups is 1. The summed E-state index contributed by atoms with van der Waals surface area (Å²) < 4.78 is 5.30. The van der Waals surface area contributed by atoms with Crippen LogP contribution >= 0.6 is 11.8 Å². The van der Waals surface area contributed by atoms with Gasteiger partial charge in [0.25, 0.3) is 0 Å². The molecule has 0 saturated heterocycles. The summed E-state index contributed by atoms with van der Waals surface area (Å²) in [4.78, 5) is 17.3. The van der Waals surface area contributed by atoms with E-state index in [0.29, 0.717) is 13.0 Å². The Morgan fingerprint density at radius 3 is 2.06 bits per heavy atom. The molecule has 1 atom stereocenters. The van der Waals surface area contributed by atoms with Crippen molar-refractivity contribution in [1.29, 1.82) is 0 Å². The van der Waals surface area contributed by atoms with Gasteiger partial charge in [0.15, 0.2) is 6.04 Å². The van der Waals surface area contributed by atoms with Crippen LogP contribution in [0.25, 0.3) is 0 Å². The van der Waals surface area contributed by atoms with Crippen LogP contribution in [-0.4, -0.2) is 37.5 Å². The summed E-state index contributed by atoms with van der Waals surface area (Å²) in [6, 6.07) is 21.3. The second-order valence-corrected chi connectivity index (χ2v) is 14.6. The summed E-state index contributed by atoms with van der Waals surface area (Å²) in [5.41, 5.74) is 3.71. The zero-order valence-electron chi connectivity index (χ0n) is 19.2. The van der Waals surface area contributed by atoms with Crippen molar-refractivity contribution >= 4 is 41.2 Å². The molecular weight excluding hydrogens is 418 g/mol. The molecule has 3 rings (SSSR count). The lowest BCUT2D eigenvalue weighted by Crippen LogP contribution is -2.63. The van der Waals surface area contributed by atoms with Gasteiger partial charge in [-0.25, -0.2) is 4.79 Å². The number of rotatable bonds is 6. The Morgan fingerprint density at radius 2 is 1.61 bits per heavy atom. The number of hydrogen-bond acceptors (Lipinski definition) is 4. The van der Waals surface area contributed by atoms with E-state index < -0.39 is 14.1 Å². The van der Waals surface area contributed by atoms with Gasteiger partial charge in [0.1, 0.15) is 8.07 Å². The molecule has 0 fully saturated rings. The summed E-state index contributed by atoms with van der Waals surface area (Å²) in [6.45, 7) is 11.4. The van der Waals surface area contributed by atoms with Gasteiger partial charge >= 0.3 is 5.97 Å². The average Bonchev–Trinajstić information content (AvgIpc) is 3.15. The molecule has 0 saturated carbocycles. The van der Waals surface area contributed by atoms with E-state index in [9.17, 15) is 4.79 Å². The average molecular weight is 452 g/mol. The molecule has 0 spiro atoms. The smallest absolute Gasteiger partial charge is 0.331 e. The van der Waals surface area contributed by atoms with Crippen molar-refractivity contribution < 1.29 is 9.53 Å². The van der Waals surface area contributed by atoms with Crippen LogP contribution < -0.4 is 10.4 Å². The van der Waals surface area contributed by atoms with Crippen LogP contribution in [0.15, 0.2) is 76.9 Å². The van der Waals surface area contributed by atoms with Crippen molar-refractivity contribution in [2.24, 2.45) is 4.99 Å². The fraction of sp³-hybridized carbons (Fsp3) is 0.385. The monoisotopic (exact) mass is 451 g/mol. The lowest BCUT2D eigenvalue weighted by Gasteiger charge is -2.42. The van der Waals surface area contributed by atoms with Crippen LogP contribution in [0.2, 0.25) is 5.04 Å². The SMILES string of the molecule is CCOC(=O)C1C/C(=C\[Si](c2ccccc2)(c2ccccc2)C(C)(C)C)C(SCC)=N1. The maximum absolute atomic E-state index is 12.5. The van der Waals surface area contributed by atoms with E-state index in [4.69, 9.17) is 9.73 Å². The third kappa shape index (κ3) is 4.88. The Morgan fingerprint density at radius 1 is 1.06 bits per heavy atom. The molecule has 3 nitrogen and oxygen atoms in total. The highest BCUT2D eigenvalue weighted by molar-refractivity contribution is 8.14. The summed E-state index contributed by atoms with van der Waals surface area (Å²) >= 11 is 1.72. The van der Waals surface area contributed by atoms with E-state index in [1.807, 2.05) is 6.92 Å². The number of carbonyl (C=O) groups excluding carboxylic acids is 1. The molecule has 1 aliphatic rings. The zero-order chi connectivity index (χ0) is 22.5. The highest BCUT2D eigenvalue weighted by atomic mass is 32.2. The Kier molecular flexibility index (Phi) is 7.60. The fourth-order valence-electron chi connectivity index (χ4n) is 4.41. The topological polar surface area (TPSA) is 38.7 Å². The molecule has 0 bridgehead atoms. The molecule has 1 unspecified atom stereocenters. The van der Waals surface area contributed by atoms with E-state index in [1.54, 1.807) is 11.8 Å². The first kappa shape index (κ1) is 23.5. The van der Waals surface area contributed by atoms with Gasteiger partial charge in [0, 0.05) is 6.42 Å². The van der Waals surface area contributed by atoms with Gasteiger partial charge in [-0.05, 0) is 33.7 Å². The van der Waals surface area contributed by atoms with Crippen LogP contribution in [0.4, 0.5) is 0 Å². The largest absolute Gasteiger partial charge is 0.464 e. The van der Waals surface area contributed by atoms with E-state index in [0.717, 1.165) is 10.8 Å². The molecular formula is C26H33NO2SSi. The summed E-state index contributed by atoms with van der Waals surface area (Å²) in [6.07, 6.45) is 0.617. The maximum atomic E-state index is 12.5. The Balaban J connectivity index is 2.22. The molecule has 0 aromatic heterocycles. The van der Waals surface area contributed by atoms with Gasteiger partial charge < -0.3 is 4.74 Å². The minimum Gasteiger partial charge on any atom is -0.464 e. The van der Waals surface area contributed by atoms with Crippen LogP contribution in [0.1, 0.15) is 41.0 Å². The first-order valence-corrected chi connectivity index (χ1v) is 14.1. The maximum Gasteiger partial charge on any atom is 0.331 e. The second-order valence-electron chi connectivity index (χ2n) is 8.80.